The Kier molecular flexibility index (Phi) is 4.41. The van der Waals surface area contributed by atoms with Gasteiger partial charge in [0.2, 0.25) is 0 Å². The van der Waals surface area contributed by atoms with E-state index in [-0.39, 0.29) is 0 Å². The third-order valence-corrected chi connectivity index (χ3v) is 3.03. The molecule has 0 unspecified atom stereocenters. The number of imidazole rings is 1. The maximum atomic E-state index is 4.66. The summed E-state index contributed by atoms with van der Waals surface area (Å²) in [5.41, 5.74) is 4.28. The van der Waals surface area contributed by atoms with E-state index in [1.807, 2.05) is 52.3 Å². The molecule has 0 saturated carbocycles. The zero-order valence-corrected chi connectivity index (χ0v) is 12.5. The van der Waals surface area contributed by atoms with E-state index in [2.05, 4.69) is 44.7 Å². The topological polar surface area (TPSA) is 20.5 Å². The van der Waals surface area contributed by atoms with Gasteiger partial charge >= 0.3 is 0 Å². The smallest absolute Gasteiger partial charge is 0.139 e. The van der Waals surface area contributed by atoms with Crippen molar-refractivity contribution < 1.29 is 0 Å². The van der Waals surface area contributed by atoms with E-state index in [1.165, 1.54) is 0 Å². The summed E-state index contributed by atoms with van der Waals surface area (Å²) in [6.45, 7) is 4.00. The van der Waals surface area contributed by atoms with Crippen LogP contribution in [0.3, 0.4) is 0 Å². The van der Waals surface area contributed by atoms with Crippen molar-refractivity contribution in [1.82, 2.24) is 9.38 Å². The van der Waals surface area contributed by atoms with Crippen LogP contribution in [0.25, 0.3) is 16.9 Å². The number of aromatic nitrogens is 2. The number of benzene rings is 1. The fourth-order valence-electron chi connectivity index (χ4n) is 2.00. The summed E-state index contributed by atoms with van der Waals surface area (Å²) in [5, 5.41) is 0. The Labute approximate surface area is 120 Å². The van der Waals surface area contributed by atoms with Gasteiger partial charge in [0, 0.05) is 43.8 Å². The average molecular weight is 267 g/mol. The van der Waals surface area contributed by atoms with E-state index in [0.29, 0.717) is 0 Å². The van der Waals surface area contributed by atoms with Gasteiger partial charge in [0.15, 0.2) is 0 Å². The molecule has 0 N–H and O–H groups in total. The van der Waals surface area contributed by atoms with E-state index < -0.39 is 0 Å². The van der Waals surface area contributed by atoms with Crippen LogP contribution >= 0.6 is 0 Å². The fraction of sp³-hybridized carbons (Fsp3) is 0.235. The number of fused-ring (bicyclic) bond motifs is 1. The Hall–Kier alpha value is -2.29. The number of anilines is 1. The molecule has 3 aromatic rings. The molecular formula is C17H21N3. The molecule has 104 valence electrons. The summed E-state index contributed by atoms with van der Waals surface area (Å²) in [6.07, 6.45) is 4.11. The van der Waals surface area contributed by atoms with Crippen molar-refractivity contribution in [2.24, 2.45) is 0 Å². The molecule has 0 radical (unpaired) electrons. The summed E-state index contributed by atoms with van der Waals surface area (Å²) in [6, 6.07) is 14.4. The van der Waals surface area contributed by atoms with Crippen LogP contribution in [-0.4, -0.2) is 23.5 Å². The largest absolute Gasteiger partial charge is 0.378 e. The lowest BCUT2D eigenvalue weighted by atomic mass is 10.2. The van der Waals surface area contributed by atoms with Crippen LogP contribution in [0.5, 0.6) is 0 Å². The number of pyridine rings is 1. The van der Waals surface area contributed by atoms with Crippen LogP contribution in [0, 0.1) is 0 Å². The van der Waals surface area contributed by atoms with Crippen LogP contribution in [0.4, 0.5) is 5.69 Å². The summed E-state index contributed by atoms with van der Waals surface area (Å²) in [5.74, 6) is 0. The Balaban J connectivity index is 0.000000704. The molecule has 0 aliphatic heterocycles. The van der Waals surface area contributed by atoms with E-state index in [1.54, 1.807) is 0 Å². The first kappa shape index (κ1) is 14.1. The second-order valence-corrected chi connectivity index (χ2v) is 4.54. The molecular weight excluding hydrogens is 246 g/mol. The first-order chi connectivity index (χ1) is 9.74. The maximum absolute atomic E-state index is 4.66. The molecule has 3 rings (SSSR count). The molecule has 3 nitrogen and oxygen atoms in total. The zero-order valence-electron chi connectivity index (χ0n) is 12.5. The minimum Gasteiger partial charge on any atom is -0.378 e. The van der Waals surface area contributed by atoms with Crippen LogP contribution < -0.4 is 4.90 Å². The predicted octanol–water partition coefficient (Wildman–Crippen LogP) is 4.09. The molecule has 0 aliphatic rings. The maximum Gasteiger partial charge on any atom is 0.139 e. The second kappa shape index (κ2) is 6.24. The van der Waals surface area contributed by atoms with Gasteiger partial charge < -0.3 is 9.30 Å². The standard InChI is InChI=1S/C15H15N3.C2H6/c1-17(2)13-8-9-18-11-14(16-15(18)10-13)12-6-4-3-5-7-12;1-2/h3-11H,1-2H3;1-2H3. The first-order valence-electron chi connectivity index (χ1n) is 6.95. The Morgan fingerprint density at radius 2 is 1.70 bits per heavy atom. The molecule has 20 heavy (non-hydrogen) atoms. The van der Waals surface area contributed by atoms with Crippen molar-refractivity contribution >= 4 is 11.3 Å². The highest BCUT2D eigenvalue weighted by atomic mass is 15.1. The fourth-order valence-corrected chi connectivity index (χ4v) is 2.00. The molecule has 3 heteroatoms. The summed E-state index contributed by atoms with van der Waals surface area (Å²) in [4.78, 5) is 6.74. The third-order valence-electron chi connectivity index (χ3n) is 3.03. The first-order valence-corrected chi connectivity index (χ1v) is 6.95. The van der Waals surface area contributed by atoms with Gasteiger partial charge in [-0.25, -0.2) is 4.98 Å². The van der Waals surface area contributed by atoms with Crippen LogP contribution in [0.2, 0.25) is 0 Å². The van der Waals surface area contributed by atoms with Crippen molar-refractivity contribution in [3.8, 4) is 11.3 Å². The monoisotopic (exact) mass is 267 g/mol. The lowest BCUT2D eigenvalue weighted by Gasteiger charge is -2.11. The Bertz CT molecular complexity index is 669. The van der Waals surface area contributed by atoms with E-state index in [0.717, 1.165) is 22.6 Å². The summed E-state index contributed by atoms with van der Waals surface area (Å²) < 4.78 is 2.05. The molecule has 1 aromatic carbocycles. The lowest BCUT2D eigenvalue weighted by molar-refractivity contribution is 1.10. The molecule has 0 amide bonds. The third kappa shape index (κ3) is 2.82. The number of hydrogen-bond acceptors (Lipinski definition) is 2. The quantitative estimate of drug-likeness (QED) is 0.697. The van der Waals surface area contributed by atoms with E-state index >= 15 is 0 Å². The molecule has 2 aromatic heterocycles. The van der Waals surface area contributed by atoms with Crippen LogP contribution in [-0.2, 0) is 0 Å². The molecule has 0 spiro atoms. The van der Waals surface area contributed by atoms with Gasteiger partial charge in [-0.2, -0.15) is 0 Å². The van der Waals surface area contributed by atoms with Crippen molar-refractivity contribution in [3.63, 3.8) is 0 Å². The van der Waals surface area contributed by atoms with Crippen molar-refractivity contribution in [1.29, 1.82) is 0 Å². The second-order valence-electron chi connectivity index (χ2n) is 4.54. The SMILES string of the molecule is CC.CN(C)c1ccn2cc(-c3ccccc3)nc2c1. The molecule has 0 aliphatic carbocycles. The highest BCUT2D eigenvalue weighted by Crippen LogP contribution is 2.21. The van der Waals surface area contributed by atoms with Gasteiger partial charge in [0.05, 0.1) is 5.69 Å². The number of hydrogen-bond donors (Lipinski definition) is 0. The van der Waals surface area contributed by atoms with Gasteiger partial charge in [0.25, 0.3) is 0 Å². The Morgan fingerprint density at radius 3 is 2.35 bits per heavy atom. The van der Waals surface area contributed by atoms with Gasteiger partial charge in [-0.05, 0) is 6.07 Å². The molecule has 0 bridgehead atoms. The van der Waals surface area contributed by atoms with Gasteiger partial charge in [-0.1, -0.05) is 44.2 Å². The van der Waals surface area contributed by atoms with Gasteiger partial charge in [0.1, 0.15) is 5.65 Å². The van der Waals surface area contributed by atoms with E-state index in [9.17, 15) is 0 Å². The lowest BCUT2D eigenvalue weighted by Crippen LogP contribution is -2.08. The molecule has 0 saturated heterocycles. The van der Waals surface area contributed by atoms with Gasteiger partial charge in [-0.15, -0.1) is 0 Å². The molecule has 0 fully saturated rings. The van der Waals surface area contributed by atoms with E-state index in [4.69, 9.17) is 0 Å². The normalized spacial score (nSPS) is 10.0. The van der Waals surface area contributed by atoms with Crippen LogP contribution in [0.15, 0.2) is 54.9 Å². The predicted molar refractivity (Wildman–Crippen MR) is 86.3 cm³/mol. The zero-order chi connectivity index (χ0) is 14.5. The highest BCUT2D eigenvalue weighted by Gasteiger charge is 2.05. The highest BCUT2D eigenvalue weighted by molar-refractivity contribution is 5.65. The average Bonchev–Trinajstić information content (AvgIpc) is 2.93. The minimum atomic E-state index is 0.972. The van der Waals surface area contributed by atoms with Crippen molar-refractivity contribution in [2.45, 2.75) is 13.8 Å². The van der Waals surface area contributed by atoms with Crippen LogP contribution in [0.1, 0.15) is 13.8 Å². The molecule has 0 atom stereocenters. The number of rotatable bonds is 2. The summed E-state index contributed by atoms with van der Waals surface area (Å²) >= 11 is 0. The summed E-state index contributed by atoms with van der Waals surface area (Å²) in [7, 11) is 4.07. The van der Waals surface area contributed by atoms with Crippen molar-refractivity contribution in [2.75, 3.05) is 19.0 Å². The molecule has 2 heterocycles. The van der Waals surface area contributed by atoms with Gasteiger partial charge in [-0.3, -0.25) is 0 Å². The Morgan fingerprint density at radius 1 is 1.00 bits per heavy atom. The number of nitrogens with zero attached hydrogens (tertiary/aromatic N) is 3. The minimum absolute atomic E-state index is 0.972. The van der Waals surface area contributed by atoms with Crippen molar-refractivity contribution in [3.05, 3.63) is 54.9 Å².